The fourth-order valence-electron chi connectivity index (χ4n) is 2.58. The highest BCUT2D eigenvalue weighted by Crippen LogP contribution is 2.27. The molecule has 1 unspecified atom stereocenters. The first kappa shape index (κ1) is 15.8. The van der Waals surface area contributed by atoms with Gasteiger partial charge < -0.3 is 10.5 Å². The summed E-state index contributed by atoms with van der Waals surface area (Å²) in [5.41, 5.74) is 11.5. The van der Waals surface area contributed by atoms with Crippen LogP contribution in [0.2, 0.25) is 5.02 Å². The SMILES string of the molecule is COc1c(C)cnc(CC(N)c2cc(C)cc(Cl)c2)c1C. The van der Waals surface area contributed by atoms with Crippen LogP contribution in [-0.2, 0) is 6.42 Å². The summed E-state index contributed by atoms with van der Waals surface area (Å²) in [7, 11) is 1.68. The molecule has 2 N–H and O–H groups in total. The number of hydrogen-bond acceptors (Lipinski definition) is 3. The number of aromatic nitrogens is 1. The van der Waals surface area contributed by atoms with Crippen LogP contribution in [0, 0.1) is 20.8 Å². The van der Waals surface area contributed by atoms with Crippen LogP contribution in [0.3, 0.4) is 0 Å². The van der Waals surface area contributed by atoms with E-state index in [0.717, 1.165) is 33.7 Å². The molecule has 4 heteroatoms. The van der Waals surface area contributed by atoms with Gasteiger partial charge in [-0.05, 0) is 44.0 Å². The minimum Gasteiger partial charge on any atom is -0.496 e. The van der Waals surface area contributed by atoms with Gasteiger partial charge in [0.05, 0.1) is 7.11 Å². The Morgan fingerprint density at radius 2 is 1.95 bits per heavy atom. The van der Waals surface area contributed by atoms with E-state index >= 15 is 0 Å². The molecule has 1 aromatic heterocycles. The van der Waals surface area contributed by atoms with E-state index in [1.165, 1.54) is 0 Å². The Morgan fingerprint density at radius 1 is 1.24 bits per heavy atom. The molecule has 0 amide bonds. The first-order valence-corrected chi connectivity index (χ1v) is 7.32. The lowest BCUT2D eigenvalue weighted by molar-refractivity contribution is 0.406. The van der Waals surface area contributed by atoms with E-state index in [9.17, 15) is 0 Å². The molecule has 0 aliphatic rings. The lowest BCUT2D eigenvalue weighted by Gasteiger charge is -2.16. The van der Waals surface area contributed by atoms with E-state index in [-0.39, 0.29) is 6.04 Å². The molecular formula is C17H21ClN2O. The normalized spacial score (nSPS) is 12.3. The van der Waals surface area contributed by atoms with Crippen LogP contribution in [0.4, 0.5) is 0 Å². The molecule has 112 valence electrons. The van der Waals surface area contributed by atoms with Gasteiger partial charge in [0.25, 0.3) is 0 Å². The molecule has 2 rings (SSSR count). The zero-order valence-electron chi connectivity index (χ0n) is 12.9. The predicted octanol–water partition coefficient (Wildman–Crippen LogP) is 3.91. The average molecular weight is 305 g/mol. The lowest BCUT2D eigenvalue weighted by Crippen LogP contribution is -2.15. The molecule has 0 bridgehead atoms. The number of nitrogens with zero attached hydrogens (tertiary/aromatic N) is 1. The minimum absolute atomic E-state index is 0.138. The van der Waals surface area contributed by atoms with Gasteiger partial charge in [0.15, 0.2) is 0 Å². The maximum atomic E-state index is 6.32. The number of methoxy groups -OCH3 is 1. The van der Waals surface area contributed by atoms with Crippen molar-refractivity contribution in [1.29, 1.82) is 0 Å². The highest BCUT2D eigenvalue weighted by molar-refractivity contribution is 6.30. The quantitative estimate of drug-likeness (QED) is 0.931. The second-order valence-corrected chi connectivity index (χ2v) is 5.86. The molecule has 0 spiro atoms. The molecule has 0 saturated carbocycles. The summed E-state index contributed by atoms with van der Waals surface area (Å²) < 4.78 is 5.44. The minimum atomic E-state index is -0.138. The molecule has 0 saturated heterocycles. The summed E-state index contributed by atoms with van der Waals surface area (Å²) >= 11 is 6.11. The van der Waals surface area contributed by atoms with Crippen molar-refractivity contribution in [1.82, 2.24) is 4.98 Å². The third-order valence-electron chi connectivity index (χ3n) is 3.66. The highest BCUT2D eigenvalue weighted by Gasteiger charge is 2.14. The number of benzene rings is 1. The summed E-state index contributed by atoms with van der Waals surface area (Å²) in [5, 5.41) is 0.714. The van der Waals surface area contributed by atoms with Crippen LogP contribution in [0.1, 0.15) is 34.0 Å². The van der Waals surface area contributed by atoms with Crippen molar-refractivity contribution in [3.8, 4) is 5.75 Å². The first-order valence-electron chi connectivity index (χ1n) is 6.94. The molecule has 3 nitrogen and oxygen atoms in total. The van der Waals surface area contributed by atoms with Gasteiger partial charge in [-0.15, -0.1) is 0 Å². The smallest absolute Gasteiger partial charge is 0.128 e. The number of ether oxygens (including phenoxy) is 1. The van der Waals surface area contributed by atoms with Crippen molar-refractivity contribution in [3.63, 3.8) is 0 Å². The Labute approximate surface area is 131 Å². The van der Waals surface area contributed by atoms with Crippen molar-refractivity contribution < 1.29 is 4.74 Å². The molecular weight excluding hydrogens is 284 g/mol. The van der Waals surface area contributed by atoms with Crippen LogP contribution in [0.5, 0.6) is 5.75 Å². The summed E-state index contributed by atoms with van der Waals surface area (Å²) in [6, 6.07) is 5.77. The van der Waals surface area contributed by atoms with E-state index in [2.05, 4.69) is 11.1 Å². The first-order chi connectivity index (χ1) is 9.92. The Kier molecular flexibility index (Phi) is 4.86. The van der Waals surface area contributed by atoms with Crippen LogP contribution in [0.25, 0.3) is 0 Å². The van der Waals surface area contributed by atoms with Crippen LogP contribution in [0.15, 0.2) is 24.4 Å². The molecule has 0 aliphatic carbocycles. The number of hydrogen-bond donors (Lipinski definition) is 1. The molecule has 2 aromatic rings. The van der Waals surface area contributed by atoms with E-state index in [0.29, 0.717) is 11.4 Å². The van der Waals surface area contributed by atoms with Crippen molar-refractivity contribution >= 4 is 11.6 Å². The summed E-state index contributed by atoms with van der Waals surface area (Å²) in [6.45, 7) is 6.02. The molecule has 0 fully saturated rings. The third-order valence-corrected chi connectivity index (χ3v) is 3.87. The second kappa shape index (κ2) is 6.46. The Bertz CT molecular complexity index is 635. The van der Waals surface area contributed by atoms with Crippen LogP contribution < -0.4 is 10.5 Å². The number of halogens is 1. The largest absolute Gasteiger partial charge is 0.496 e. The molecule has 21 heavy (non-hydrogen) atoms. The van der Waals surface area contributed by atoms with Gasteiger partial charge in [0.1, 0.15) is 5.75 Å². The Morgan fingerprint density at radius 3 is 2.57 bits per heavy atom. The fraction of sp³-hybridized carbons (Fsp3) is 0.353. The van der Waals surface area contributed by atoms with Crippen molar-refractivity contribution in [3.05, 3.63) is 57.4 Å². The van der Waals surface area contributed by atoms with Crippen LogP contribution >= 0.6 is 11.6 Å². The van der Waals surface area contributed by atoms with Gasteiger partial charge in [0, 0.05) is 40.5 Å². The molecule has 0 radical (unpaired) electrons. The van der Waals surface area contributed by atoms with E-state index in [1.807, 2.05) is 39.1 Å². The fourth-order valence-corrected chi connectivity index (χ4v) is 2.88. The zero-order chi connectivity index (χ0) is 15.6. The Balaban J connectivity index is 2.29. The summed E-state index contributed by atoms with van der Waals surface area (Å²) in [5.74, 6) is 0.884. The van der Waals surface area contributed by atoms with Crippen LogP contribution in [-0.4, -0.2) is 12.1 Å². The summed E-state index contributed by atoms with van der Waals surface area (Å²) in [6.07, 6.45) is 2.49. The van der Waals surface area contributed by atoms with E-state index in [1.54, 1.807) is 7.11 Å². The molecule has 1 atom stereocenters. The van der Waals surface area contributed by atoms with Gasteiger partial charge in [-0.25, -0.2) is 0 Å². The molecule has 1 aromatic carbocycles. The maximum Gasteiger partial charge on any atom is 0.128 e. The predicted molar refractivity (Wildman–Crippen MR) is 87.1 cm³/mol. The van der Waals surface area contributed by atoms with Gasteiger partial charge in [0.2, 0.25) is 0 Å². The van der Waals surface area contributed by atoms with Gasteiger partial charge in [-0.1, -0.05) is 17.7 Å². The number of aryl methyl sites for hydroxylation is 2. The molecule has 0 aliphatic heterocycles. The molecule has 1 heterocycles. The van der Waals surface area contributed by atoms with Crippen molar-refractivity contribution in [2.75, 3.05) is 7.11 Å². The van der Waals surface area contributed by atoms with Gasteiger partial charge in [-0.2, -0.15) is 0 Å². The van der Waals surface area contributed by atoms with E-state index < -0.39 is 0 Å². The number of rotatable bonds is 4. The number of pyridine rings is 1. The van der Waals surface area contributed by atoms with Crippen molar-refractivity contribution in [2.24, 2.45) is 5.73 Å². The monoisotopic (exact) mass is 304 g/mol. The highest BCUT2D eigenvalue weighted by atomic mass is 35.5. The van der Waals surface area contributed by atoms with Gasteiger partial charge in [-0.3, -0.25) is 4.98 Å². The average Bonchev–Trinajstić information content (AvgIpc) is 2.41. The summed E-state index contributed by atoms with van der Waals surface area (Å²) in [4.78, 5) is 4.50. The second-order valence-electron chi connectivity index (χ2n) is 5.42. The standard InChI is InChI=1S/C17H21ClN2O/c1-10-5-13(7-14(18)6-10)15(19)8-16-12(3)17(21-4)11(2)9-20-16/h5-7,9,15H,8,19H2,1-4H3. The lowest BCUT2D eigenvalue weighted by atomic mass is 9.98. The zero-order valence-corrected chi connectivity index (χ0v) is 13.7. The van der Waals surface area contributed by atoms with Gasteiger partial charge >= 0.3 is 0 Å². The third kappa shape index (κ3) is 3.55. The topological polar surface area (TPSA) is 48.1 Å². The maximum absolute atomic E-state index is 6.32. The van der Waals surface area contributed by atoms with Crippen molar-refractivity contribution in [2.45, 2.75) is 33.2 Å². The number of nitrogens with two attached hydrogens (primary N) is 1. The Hall–Kier alpha value is -1.58. The van der Waals surface area contributed by atoms with E-state index in [4.69, 9.17) is 22.1 Å².